The van der Waals surface area contributed by atoms with Gasteiger partial charge in [-0.2, -0.15) is 0 Å². The molecular formula is C19H25NO3. The van der Waals surface area contributed by atoms with E-state index in [2.05, 4.69) is 5.32 Å². The molecule has 4 heteroatoms. The number of fused-ring (bicyclic) bond motifs is 2. The van der Waals surface area contributed by atoms with Gasteiger partial charge >= 0.3 is 6.09 Å². The van der Waals surface area contributed by atoms with Crippen molar-refractivity contribution in [2.45, 2.75) is 38.3 Å². The number of benzene rings is 1. The maximum Gasteiger partial charge on any atom is 0.407 e. The molecule has 1 aromatic rings. The number of nitrogens with one attached hydrogen (secondary N) is 1. The van der Waals surface area contributed by atoms with Crippen molar-refractivity contribution in [1.82, 2.24) is 5.32 Å². The highest BCUT2D eigenvalue weighted by Crippen LogP contribution is 2.49. The van der Waals surface area contributed by atoms with Crippen LogP contribution in [0.15, 0.2) is 42.5 Å². The van der Waals surface area contributed by atoms with E-state index in [9.17, 15) is 4.79 Å². The normalized spacial score (nSPS) is 29.1. The molecule has 2 N–H and O–H groups in total. The monoisotopic (exact) mass is 315 g/mol. The van der Waals surface area contributed by atoms with E-state index < -0.39 is 0 Å². The molecule has 4 nitrogen and oxygen atoms in total. The highest BCUT2D eigenvalue weighted by molar-refractivity contribution is 5.67. The highest BCUT2D eigenvalue weighted by Gasteiger charge is 2.47. The first-order valence-electron chi connectivity index (χ1n) is 8.51. The first-order chi connectivity index (χ1) is 11.3. The number of aliphatic hydroxyl groups excluding tert-OH is 1. The van der Waals surface area contributed by atoms with E-state index in [1.54, 1.807) is 6.08 Å². The molecule has 0 saturated heterocycles. The van der Waals surface area contributed by atoms with Crippen LogP contribution >= 0.6 is 0 Å². The van der Waals surface area contributed by atoms with Gasteiger partial charge in [0.15, 0.2) is 0 Å². The van der Waals surface area contributed by atoms with Crippen molar-refractivity contribution in [1.29, 1.82) is 0 Å². The molecule has 2 bridgehead atoms. The van der Waals surface area contributed by atoms with Crippen LogP contribution in [0.1, 0.15) is 31.2 Å². The fourth-order valence-electron chi connectivity index (χ4n) is 4.20. The van der Waals surface area contributed by atoms with E-state index in [1.807, 2.05) is 36.4 Å². The lowest BCUT2D eigenvalue weighted by Crippen LogP contribution is -2.44. The molecular weight excluding hydrogens is 290 g/mol. The van der Waals surface area contributed by atoms with Crippen molar-refractivity contribution < 1.29 is 14.6 Å². The Morgan fingerprint density at radius 2 is 2.00 bits per heavy atom. The van der Waals surface area contributed by atoms with Gasteiger partial charge in [0.25, 0.3) is 0 Å². The van der Waals surface area contributed by atoms with E-state index in [1.165, 1.54) is 19.3 Å². The van der Waals surface area contributed by atoms with Crippen LogP contribution in [0.2, 0.25) is 0 Å². The first-order valence-corrected chi connectivity index (χ1v) is 8.51. The number of rotatable bonds is 6. The Balaban J connectivity index is 1.52. The van der Waals surface area contributed by atoms with Crippen molar-refractivity contribution in [3.63, 3.8) is 0 Å². The molecule has 0 heterocycles. The summed E-state index contributed by atoms with van der Waals surface area (Å²) in [4.78, 5) is 12.1. The lowest BCUT2D eigenvalue weighted by atomic mass is 9.82. The summed E-state index contributed by atoms with van der Waals surface area (Å²) in [6.07, 6.45) is 8.11. The third kappa shape index (κ3) is 3.94. The second-order valence-corrected chi connectivity index (χ2v) is 6.62. The summed E-state index contributed by atoms with van der Waals surface area (Å²) in [5.41, 5.74) is 0.998. The topological polar surface area (TPSA) is 58.6 Å². The minimum absolute atomic E-state index is 0.0814. The van der Waals surface area contributed by atoms with E-state index >= 15 is 0 Å². The summed E-state index contributed by atoms with van der Waals surface area (Å²) in [5, 5.41) is 12.0. The van der Waals surface area contributed by atoms with Gasteiger partial charge in [-0.25, -0.2) is 4.79 Å². The van der Waals surface area contributed by atoms with E-state index in [4.69, 9.17) is 9.84 Å². The summed E-state index contributed by atoms with van der Waals surface area (Å²) >= 11 is 0. The Labute approximate surface area is 137 Å². The maximum atomic E-state index is 12.1. The van der Waals surface area contributed by atoms with Gasteiger partial charge in [-0.3, -0.25) is 0 Å². The Kier molecular flexibility index (Phi) is 5.34. The van der Waals surface area contributed by atoms with Gasteiger partial charge < -0.3 is 15.2 Å². The number of allylic oxidation sites excluding steroid dienone is 1. The van der Waals surface area contributed by atoms with E-state index in [0.717, 1.165) is 12.0 Å². The number of hydrogen-bond acceptors (Lipinski definition) is 3. The SMILES string of the molecule is O=C(N[C@H]1[C@H]2CC[C@H](C2)[C@@H]1C/C=C\CO)OCc1ccccc1. The number of amides is 1. The molecule has 2 aliphatic rings. The molecule has 3 rings (SSSR count). The Morgan fingerprint density at radius 1 is 1.22 bits per heavy atom. The summed E-state index contributed by atoms with van der Waals surface area (Å²) in [6, 6.07) is 9.94. The average molecular weight is 315 g/mol. The molecule has 0 unspecified atom stereocenters. The van der Waals surface area contributed by atoms with Crippen LogP contribution in [-0.4, -0.2) is 23.8 Å². The molecule has 2 saturated carbocycles. The van der Waals surface area contributed by atoms with Crippen LogP contribution in [0, 0.1) is 17.8 Å². The standard InChI is InChI=1S/C19H25NO3/c21-11-5-4-8-17-15-9-10-16(12-15)18(17)20-19(22)23-13-14-6-2-1-3-7-14/h1-7,15-18,21H,8-13H2,(H,20,22)/b5-4-/t15-,16+,17+,18+/m1/s1. The van der Waals surface area contributed by atoms with Crippen LogP contribution in [-0.2, 0) is 11.3 Å². The summed E-state index contributed by atoms with van der Waals surface area (Å²) in [7, 11) is 0. The zero-order chi connectivity index (χ0) is 16.1. The number of hydrogen-bond donors (Lipinski definition) is 2. The van der Waals surface area contributed by atoms with Crippen LogP contribution in [0.25, 0.3) is 0 Å². The van der Waals surface area contributed by atoms with E-state index in [-0.39, 0.29) is 18.7 Å². The molecule has 1 amide bonds. The first kappa shape index (κ1) is 16.1. The van der Waals surface area contributed by atoms with Gasteiger partial charge in [-0.05, 0) is 49.0 Å². The number of aliphatic hydroxyl groups is 1. The summed E-state index contributed by atoms with van der Waals surface area (Å²) in [5.74, 6) is 1.75. The van der Waals surface area contributed by atoms with Crippen molar-refractivity contribution in [2.24, 2.45) is 17.8 Å². The van der Waals surface area contributed by atoms with Crippen molar-refractivity contribution in [3.8, 4) is 0 Å². The van der Waals surface area contributed by atoms with Crippen LogP contribution in [0.3, 0.4) is 0 Å². The van der Waals surface area contributed by atoms with Gasteiger partial charge in [-0.15, -0.1) is 0 Å². The van der Waals surface area contributed by atoms with Gasteiger partial charge in [0, 0.05) is 6.04 Å². The lowest BCUT2D eigenvalue weighted by molar-refractivity contribution is 0.125. The average Bonchev–Trinajstić information content (AvgIpc) is 3.17. The minimum atomic E-state index is -0.317. The molecule has 0 aromatic heterocycles. The molecule has 0 radical (unpaired) electrons. The number of ether oxygens (including phenoxy) is 1. The van der Waals surface area contributed by atoms with Gasteiger partial charge in [0.1, 0.15) is 6.61 Å². The predicted molar refractivity (Wildman–Crippen MR) is 88.7 cm³/mol. The van der Waals surface area contributed by atoms with Crippen molar-refractivity contribution >= 4 is 6.09 Å². The van der Waals surface area contributed by atoms with Crippen LogP contribution < -0.4 is 5.32 Å². The molecule has 23 heavy (non-hydrogen) atoms. The van der Waals surface area contributed by atoms with Gasteiger partial charge in [0.2, 0.25) is 0 Å². The number of alkyl carbamates (subject to hydrolysis) is 1. The summed E-state index contributed by atoms with van der Waals surface area (Å²) < 4.78 is 5.36. The van der Waals surface area contributed by atoms with Crippen molar-refractivity contribution in [3.05, 3.63) is 48.0 Å². The number of carbonyl (C=O) groups is 1. The third-order valence-corrected chi connectivity index (χ3v) is 5.27. The quantitative estimate of drug-likeness (QED) is 0.792. The lowest BCUT2D eigenvalue weighted by Gasteiger charge is -2.30. The van der Waals surface area contributed by atoms with Crippen LogP contribution in [0.4, 0.5) is 4.79 Å². The minimum Gasteiger partial charge on any atom is -0.445 e. The molecule has 4 atom stereocenters. The Bertz CT molecular complexity index is 543. The smallest absolute Gasteiger partial charge is 0.407 e. The van der Waals surface area contributed by atoms with E-state index in [0.29, 0.717) is 24.4 Å². The number of carbonyl (C=O) groups excluding carboxylic acids is 1. The molecule has 0 spiro atoms. The highest BCUT2D eigenvalue weighted by atomic mass is 16.5. The fraction of sp³-hybridized carbons (Fsp3) is 0.526. The molecule has 0 aliphatic heterocycles. The molecule has 2 aliphatic carbocycles. The molecule has 1 aromatic carbocycles. The molecule has 2 fully saturated rings. The zero-order valence-corrected chi connectivity index (χ0v) is 13.4. The Hall–Kier alpha value is -1.81. The third-order valence-electron chi connectivity index (χ3n) is 5.27. The van der Waals surface area contributed by atoms with Gasteiger partial charge in [-0.1, -0.05) is 42.5 Å². The zero-order valence-electron chi connectivity index (χ0n) is 13.4. The van der Waals surface area contributed by atoms with Crippen molar-refractivity contribution in [2.75, 3.05) is 6.61 Å². The maximum absolute atomic E-state index is 12.1. The summed E-state index contributed by atoms with van der Waals surface area (Å²) in [6.45, 7) is 0.389. The largest absolute Gasteiger partial charge is 0.445 e. The van der Waals surface area contributed by atoms with Crippen LogP contribution in [0.5, 0.6) is 0 Å². The fourth-order valence-corrected chi connectivity index (χ4v) is 4.20. The second-order valence-electron chi connectivity index (χ2n) is 6.62. The predicted octanol–water partition coefficient (Wildman–Crippen LogP) is 3.27. The molecule has 124 valence electrons. The Morgan fingerprint density at radius 3 is 2.78 bits per heavy atom. The van der Waals surface area contributed by atoms with Gasteiger partial charge in [0.05, 0.1) is 6.61 Å². The second kappa shape index (κ2) is 7.64.